The third kappa shape index (κ3) is 3.71. The monoisotopic (exact) mass is 317 g/mol. The van der Waals surface area contributed by atoms with Gasteiger partial charge in [-0.3, -0.25) is 4.79 Å². The quantitative estimate of drug-likeness (QED) is 0.729. The van der Waals surface area contributed by atoms with Crippen LogP contribution in [0.4, 0.5) is 5.13 Å². The van der Waals surface area contributed by atoms with Gasteiger partial charge in [-0.1, -0.05) is 42.1 Å². The number of carbonyl (C=O) groups is 1. The summed E-state index contributed by atoms with van der Waals surface area (Å²) in [4.78, 5) is 19.9. The number of nitrogens with zero attached hydrogens (tertiary/aromatic N) is 2. The Kier molecular flexibility index (Phi) is 4.32. The van der Waals surface area contributed by atoms with Crippen molar-refractivity contribution in [3.63, 3.8) is 0 Å². The Morgan fingerprint density at radius 3 is 2.90 bits per heavy atom. The van der Waals surface area contributed by atoms with Crippen molar-refractivity contribution in [3.05, 3.63) is 48.1 Å². The number of amides is 1. The van der Waals surface area contributed by atoms with Crippen molar-refractivity contribution in [2.45, 2.75) is 5.22 Å². The van der Waals surface area contributed by atoms with Crippen molar-refractivity contribution in [2.24, 2.45) is 0 Å². The molecule has 3 aromatic rings. The van der Waals surface area contributed by atoms with Crippen LogP contribution in [0.1, 0.15) is 0 Å². The van der Waals surface area contributed by atoms with E-state index in [0.717, 1.165) is 5.56 Å². The van der Waals surface area contributed by atoms with Crippen LogP contribution in [0.25, 0.3) is 11.3 Å². The number of hydrogen-bond acceptors (Lipinski definition) is 6. The van der Waals surface area contributed by atoms with Crippen LogP contribution in [-0.2, 0) is 4.79 Å². The van der Waals surface area contributed by atoms with Crippen LogP contribution in [0.5, 0.6) is 0 Å². The van der Waals surface area contributed by atoms with Crippen molar-refractivity contribution in [3.8, 4) is 11.3 Å². The first-order valence-electron chi connectivity index (χ1n) is 6.14. The molecule has 0 radical (unpaired) electrons. The molecule has 0 aliphatic rings. The maximum atomic E-state index is 11.7. The SMILES string of the molecule is O=C(CSc1ncc(-c2ccccc2)o1)Nc1nccs1. The molecule has 5 nitrogen and oxygen atoms in total. The van der Waals surface area contributed by atoms with Crippen LogP contribution in [-0.4, -0.2) is 21.6 Å². The fourth-order valence-electron chi connectivity index (χ4n) is 1.63. The lowest BCUT2D eigenvalue weighted by Crippen LogP contribution is -2.13. The largest absolute Gasteiger partial charge is 0.431 e. The molecule has 0 bridgehead atoms. The third-order valence-electron chi connectivity index (χ3n) is 2.55. The number of benzene rings is 1. The van der Waals surface area contributed by atoms with Gasteiger partial charge in [0.1, 0.15) is 0 Å². The Hall–Kier alpha value is -2.12. The first-order valence-corrected chi connectivity index (χ1v) is 8.01. The lowest BCUT2D eigenvalue weighted by molar-refractivity contribution is -0.113. The van der Waals surface area contributed by atoms with E-state index in [4.69, 9.17) is 4.42 Å². The fraction of sp³-hybridized carbons (Fsp3) is 0.0714. The summed E-state index contributed by atoms with van der Waals surface area (Å²) in [6.45, 7) is 0. The summed E-state index contributed by atoms with van der Waals surface area (Å²) < 4.78 is 5.61. The van der Waals surface area contributed by atoms with Crippen LogP contribution in [0.3, 0.4) is 0 Å². The van der Waals surface area contributed by atoms with Gasteiger partial charge >= 0.3 is 0 Å². The molecule has 1 N–H and O–H groups in total. The summed E-state index contributed by atoms with van der Waals surface area (Å²) in [6.07, 6.45) is 3.31. The summed E-state index contributed by atoms with van der Waals surface area (Å²) in [6, 6.07) is 9.71. The van der Waals surface area contributed by atoms with Gasteiger partial charge in [-0.15, -0.1) is 11.3 Å². The molecule has 0 unspecified atom stereocenters. The minimum absolute atomic E-state index is 0.130. The van der Waals surface area contributed by atoms with Gasteiger partial charge in [0.05, 0.1) is 11.9 Å². The normalized spacial score (nSPS) is 10.5. The maximum absolute atomic E-state index is 11.7. The van der Waals surface area contributed by atoms with E-state index in [1.165, 1.54) is 23.1 Å². The Labute approximate surface area is 129 Å². The predicted octanol–water partition coefficient (Wildman–Crippen LogP) is 3.53. The van der Waals surface area contributed by atoms with Gasteiger partial charge in [-0.05, 0) is 0 Å². The van der Waals surface area contributed by atoms with Crippen LogP contribution in [0.15, 0.2) is 57.7 Å². The summed E-state index contributed by atoms with van der Waals surface area (Å²) in [5.74, 6) is 0.793. The Bertz CT molecular complexity index is 711. The van der Waals surface area contributed by atoms with E-state index >= 15 is 0 Å². The van der Waals surface area contributed by atoms with Gasteiger partial charge in [-0.2, -0.15) is 0 Å². The van der Waals surface area contributed by atoms with Gasteiger partial charge in [0.15, 0.2) is 10.9 Å². The highest BCUT2D eigenvalue weighted by Gasteiger charge is 2.10. The molecule has 1 aromatic carbocycles. The molecule has 106 valence electrons. The first-order chi connectivity index (χ1) is 10.3. The van der Waals surface area contributed by atoms with E-state index in [9.17, 15) is 4.79 Å². The minimum Gasteiger partial charge on any atom is -0.431 e. The summed E-state index contributed by atoms with van der Waals surface area (Å²) in [5.41, 5.74) is 0.962. The van der Waals surface area contributed by atoms with E-state index in [0.29, 0.717) is 16.1 Å². The maximum Gasteiger partial charge on any atom is 0.256 e. The smallest absolute Gasteiger partial charge is 0.256 e. The highest BCUT2D eigenvalue weighted by atomic mass is 32.2. The zero-order valence-corrected chi connectivity index (χ0v) is 12.5. The molecule has 0 fully saturated rings. The lowest BCUT2D eigenvalue weighted by Gasteiger charge is -1.99. The number of carbonyl (C=O) groups excluding carboxylic acids is 1. The van der Waals surface area contributed by atoms with Gasteiger partial charge in [0.25, 0.3) is 5.22 Å². The predicted molar refractivity (Wildman–Crippen MR) is 83.4 cm³/mol. The number of oxazole rings is 1. The van der Waals surface area contributed by atoms with Crippen LogP contribution < -0.4 is 5.32 Å². The molecule has 2 aromatic heterocycles. The standard InChI is InChI=1S/C14H11N3O2S2/c18-12(17-13-15-6-7-20-13)9-21-14-16-8-11(19-14)10-4-2-1-3-5-10/h1-8H,9H2,(H,15,17,18). The molecular formula is C14H11N3O2S2. The molecule has 0 saturated carbocycles. The third-order valence-corrected chi connectivity index (χ3v) is 4.08. The van der Waals surface area contributed by atoms with Crippen molar-refractivity contribution < 1.29 is 9.21 Å². The molecule has 1 amide bonds. The van der Waals surface area contributed by atoms with Crippen molar-refractivity contribution in [1.29, 1.82) is 0 Å². The number of rotatable bonds is 5. The number of thioether (sulfide) groups is 1. The van der Waals surface area contributed by atoms with E-state index in [1.54, 1.807) is 12.4 Å². The number of nitrogens with one attached hydrogen (secondary N) is 1. The van der Waals surface area contributed by atoms with Crippen LogP contribution in [0.2, 0.25) is 0 Å². The second kappa shape index (κ2) is 6.55. The number of aromatic nitrogens is 2. The zero-order valence-electron chi connectivity index (χ0n) is 10.9. The van der Waals surface area contributed by atoms with Crippen molar-refractivity contribution in [2.75, 3.05) is 11.1 Å². The number of thiazole rings is 1. The van der Waals surface area contributed by atoms with Crippen molar-refractivity contribution in [1.82, 2.24) is 9.97 Å². The summed E-state index contributed by atoms with van der Waals surface area (Å²) in [7, 11) is 0. The Morgan fingerprint density at radius 1 is 1.29 bits per heavy atom. The fourth-order valence-corrected chi connectivity index (χ4v) is 2.78. The molecule has 3 rings (SSSR count). The molecule has 7 heteroatoms. The minimum atomic E-state index is -0.130. The Balaban J connectivity index is 1.56. The average molecular weight is 317 g/mol. The zero-order chi connectivity index (χ0) is 14.5. The van der Waals surface area contributed by atoms with E-state index < -0.39 is 0 Å². The number of hydrogen-bond donors (Lipinski definition) is 1. The van der Waals surface area contributed by atoms with Gasteiger partial charge < -0.3 is 9.73 Å². The van der Waals surface area contributed by atoms with Crippen molar-refractivity contribution >= 4 is 34.1 Å². The van der Waals surface area contributed by atoms with E-state index in [2.05, 4.69) is 15.3 Å². The average Bonchev–Trinajstić information content (AvgIpc) is 3.17. The van der Waals surface area contributed by atoms with Gasteiger partial charge in [-0.25, -0.2) is 9.97 Å². The molecule has 21 heavy (non-hydrogen) atoms. The topological polar surface area (TPSA) is 68.0 Å². The highest BCUT2D eigenvalue weighted by molar-refractivity contribution is 7.99. The molecule has 2 heterocycles. The van der Waals surface area contributed by atoms with Gasteiger partial charge in [0, 0.05) is 17.1 Å². The highest BCUT2D eigenvalue weighted by Crippen LogP contribution is 2.25. The second-order valence-corrected chi connectivity index (χ2v) is 5.85. The molecule has 0 atom stereocenters. The molecular weight excluding hydrogens is 306 g/mol. The number of anilines is 1. The molecule has 0 aliphatic heterocycles. The molecule has 0 aliphatic carbocycles. The molecule has 0 spiro atoms. The summed E-state index contributed by atoms with van der Waals surface area (Å²) >= 11 is 2.64. The van der Waals surface area contributed by atoms with E-state index in [1.807, 2.05) is 35.7 Å². The summed E-state index contributed by atoms with van der Waals surface area (Å²) in [5, 5.41) is 5.59. The lowest BCUT2D eigenvalue weighted by atomic mass is 10.2. The second-order valence-electron chi connectivity index (χ2n) is 4.03. The van der Waals surface area contributed by atoms with Gasteiger partial charge in [0.2, 0.25) is 5.91 Å². The molecule has 0 saturated heterocycles. The Morgan fingerprint density at radius 2 is 2.14 bits per heavy atom. The first kappa shape index (κ1) is 13.8. The van der Waals surface area contributed by atoms with Crippen LogP contribution >= 0.6 is 23.1 Å². The van der Waals surface area contributed by atoms with E-state index in [-0.39, 0.29) is 11.7 Å². The van der Waals surface area contributed by atoms with Crippen LogP contribution in [0, 0.1) is 0 Å².